The molecule has 3 aromatic rings. The number of rotatable bonds is 11. The molecule has 1 heterocycles. The van der Waals surface area contributed by atoms with Crippen molar-refractivity contribution in [1.29, 1.82) is 0 Å². The van der Waals surface area contributed by atoms with E-state index in [-0.39, 0.29) is 23.8 Å². The van der Waals surface area contributed by atoms with E-state index in [9.17, 15) is 0 Å². The molecule has 1 fully saturated rings. The van der Waals surface area contributed by atoms with Crippen LogP contribution in [0.4, 0.5) is 4.39 Å². The second kappa shape index (κ2) is 12.5. The first-order valence-electron chi connectivity index (χ1n) is 13.0. The summed E-state index contributed by atoms with van der Waals surface area (Å²) in [6.07, 6.45) is 6.01. The fraction of sp³-hybridized carbons (Fsp3) is 0.452. The molecule has 198 valence electrons. The Kier molecular flexibility index (Phi) is 9.17. The maximum Gasteiger partial charge on any atom is 0.188 e. The van der Waals surface area contributed by atoms with Gasteiger partial charge in [-0.15, -0.1) is 0 Å². The van der Waals surface area contributed by atoms with Crippen molar-refractivity contribution in [3.8, 4) is 11.5 Å². The van der Waals surface area contributed by atoms with Crippen LogP contribution in [0.1, 0.15) is 65.7 Å². The SMILES string of the molecule is COCOc1ccc(Cc2c(C)cc(OCc3ccccc3)c(F)c2C)nc1C1(COC)CCCCC1. The molecule has 0 aliphatic heterocycles. The summed E-state index contributed by atoms with van der Waals surface area (Å²) < 4.78 is 38.0. The monoisotopic (exact) mass is 507 g/mol. The van der Waals surface area contributed by atoms with Gasteiger partial charge in [0.1, 0.15) is 12.4 Å². The van der Waals surface area contributed by atoms with Gasteiger partial charge in [-0.1, -0.05) is 49.6 Å². The number of aryl methyl sites for hydroxylation is 1. The minimum atomic E-state index is -0.320. The molecule has 1 aromatic heterocycles. The van der Waals surface area contributed by atoms with Gasteiger partial charge in [0.25, 0.3) is 0 Å². The van der Waals surface area contributed by atoms with Gasteiger partial charge in [-0.3, -0.25) is 4.98 Å². The lowest BCUT2D eigenvalue weighted by Crippen LogP contribution is -2.35. The standard InChI is InChI=1S/C31H38FNO4/c1-22-17-28(36-19-24-11-7-5-8-12-24)29(32)23(2)26(22)18-25-13-14-27(37-21-35-4)30(33-25)31(20-34-3)15-9-6-10-16-31/h5,7-8,11-14,17H,6,9-10,15-16,18-21H2,1-4H3. The number of ether oxygens (including phenoxy) is 4. The van der Waals surface area contributed by atoms with E-state index >= 15 is 4.39 Å². The predicted octanol–water partition coefficient (Wildman–Crippen LogP) is 6.84. The van der Waals surface area contributed by atoms with Crippen molar-refractivity contribution in [2.24, 2.45) is 0 Å². The van der Waals surface area contributed by atoms with Gasteiger partial charge in [-0.25, -0.2) is 4.39 Å². The Labute approximate surface area is 219 Å². The Morgan fingerprint density at radius 2 is 1.65 bits per heavy atom. The maximum absolute atomic E-state index is 15.4. The van der Waals surface area contributed by atoms with E-state index in [4.69, 9.17) is 23.9 Å². The van der Waals surface area contributed by atoms with Gasteiger partial charge in [0.05, 0.1) is 12.3 Å². The number of hydrogen-bond acceptors (Lipinski definition) is 5. The highest BCUT2D eigenvalue weighted by Gasteiger charge is 2.38. The van der Waals surface area contributed by atoms with Crippen molar-refractivity contribution in [1.82, 2.24) is 4.98 Å². The first-order chi connectivity index (χ1) is 18.0. The smallest absolute Gasteiger partial charge is 0.188 e. The van der Waals surface area contributed by atoms with Crippen LogP contribution in [0, 0.1) is 19.7 Å². The number of nitrogens with zero attached hydrogens (tertiary/aromatic N) is 1. The summed E-state index contributed by atoms with van der Waals surface area (Å²) in [5.74, 6) is 0.689. The van der Waals surface area contributed by atoms with Gasteiger partial charge in [0.15, 0.2) is 18.4 Å². The van der Waals surface area contributed by atoms with Gasteiger partial charge in [-0.2, -0.15) is 0 Å². The molecule has 0 bridgehead atoms. The van der Waals surface area contributed by atoms with Gasteiger partial charge in [-0.05, 0) is 67.1 Å². The first-order valence-corrected chi connectivity index (χ1v) is 13.0. The van der Waals surface area contributed by atoms with Crippen LogP contribution in [0.2, 0.25) is 0 Å². The maximum atomic E-state index is 15.4. The first kappa shape index (κ1) is 27.1. The average Bonchev–Trinajstić information content (AvgIpc) is 2.92. The molecule has 6 heteroatoms. The lowest BCUT2D eigenvalue weighted by Gasteiger charge is -2.37. The lowest BCUT2D eigenvalue weighted by atomic mass is 9.71. The molecule has 4 rings (SSSR count). The molecular formula is C31H38FNO4. The van der Waals surface area contributed by atoms with E-state index in [0.29, 0.717) is 25.2 Å². The van der Waals surface area contributed by atoms with E-state index in [1.165, 1.54) is 6.42 Å². The summed E-state index contributed by atoms with van der Waals surface area (Å²) >= 11 is 0. The fourth-order valence-corrected chi connectivity index (χ4v) is 5.41. The molecule has 5 nitrogen and oxygen atoms in total. The van der Waals surface area contributed by atoms with Crippen molar-refractivity contribution >= 4 is 0 Å². The summed E-state index contributed by atoms with van der Waals surface area (Å²) in [5, 5.41) is 0. The Morgan fingerprint density at radius 1 is 0.892 bits per heavy atom. The summed E-state index contributed by atoms with van der Waals surface area (Å²) in [4.78, 5) is 5.13. The molecule has 0 amide bonds. The van der Waals surface area contributed by atoms with Crippen molar-refractivity contribution in [3.05, 3.63) is 88.0 Å². The minimum absolute atomic E-state index is 0.158. The topological polar surface area (TPSA) is 49.8 Å². The molecule has 0 radical (unpaired) electrons. The van der Waals surface area contributed by atoms with Crippen LogP contribution in [0.5, 0.6) is 11.5 Å². The van der Waals surface area contributed by atoms with Crippen molar-refractivity contribution in [2.75, 3.05) is 27.6 Å². The molecule has 0 spiro atoms. The highest BCUT2D eigenvalue weighted by atomic mass is 19.1. The molecule has 2 aromatic carbocycles. The second-order valence-electron chi connectivity index (χ2n) is 10.0. The highest BCUT2D eigenvalue weighted by molar-refractivity contribution is 5.45. The Bertz CT molecular complexity index is 1170. The van der Waals surface area contributed by atoms with E-state index in [0.717, 1.165) is 59.5 Å². The molecule has 0 saturated heterocycles. The van der Waals surface area contributed by atoms with Crippen LogP contribution in [0.15, 0.2) is 48.5 Å². The van der Waals surface area contributed by atoms with Crippen LogP contribution in [0.3, 0.4) is 0 Å². The predicted molar refractivity (Wildman–Crippen MR) is 143 cm³/mol. The van der Waals surface area contributed by atoms with Crippen LogP contribution >= 0.6 is 0 Å². The number of halogens is 1. The summed E-state index contributed by atoms with van der Waals surface area (Å²) in [7, 11) is 3.35. The van der Waals surface area contributed by atoms with Gasteiger partial charge < -0.3 is 18.9 Å². The van der Waals surface area contributed by atoms with E-state index < -0.39 is 0 Å². The quantitative estimate of drug-likeness (QED) is 0.266. The van der Waals surface area contributed by atoms with Crippen LogP contribution in [0.25, 0.3) is 0 Å². The number of benzene rings is 2. The van der Waals surface area contributed by atoms with Crippen molar-refractivity contribution in [2.45, 2.75) is 64.4 Å². The zero-order valence-corrected chi connectivity index (χ0v) is 22.4. The zero-order valence-electron chi connectivity index (χ0n) is 22.4. The van der Waals surface area contributed by atoms with Crippen molar-refractivity contribution < 1.29 is 23.3 Å². The Morgan fingerprint density at radius 3 is 2.35 bits per heavy atom. The van der Waals surface area contributed by atoms with Crippen LogP contribution in [-0.4, -0.2) is 32.6 Å². The van der Waals surface area contributed by atoms with E-state index in [2.05, 4.69) is 0 Å². The highest BCUT2D eigenvalue weighted by Crippen LogP contribution is 2.43. The van der Waals surface area contributed by atoms with Crippen molar-refractivity contribution in [3.63, 3.8) is 0 Å². The minimum Gasteiger partial charge on any atom is -0.486 e. The largest absolute Gasteiger partial charge is 0.486 e. The summed E-state index contributed by atoms with van der Waals surface area (Å²) in [5.41, 5.74) is 5.10. The van der Waals surface area contributed by atoms with E-state index in [1.807, 2.05) is 56.3 Å². The third-order valence-electron chi connectivity index (χ3n) is 7.40. The molecule has 37 heavy (non-hydrogen) atoms. The van der Waals surface area contributed by atoms with Gasteiger partial charge in [0.2, 0.25) is 0 Å². The third kappa shape index (κ3) is 6.31. The molecule has 1 aliphatic rings. The number of methoxy groups -OCH3 is 2. The summed E-state index contributed by atoms with van der Waals surface area (Å²) in [6, 6.07) is 15.5. The van der Waals surface area contributed by atoms with Gasteiger partial charge >= 0.3 is 0 Å². The van der Waals surface area contributed by atoms with Crippen LogP contribution in [-0.2, 0) is 27.9 Å². The molecular weight excluding hydrogens is 469 g/mol. The average molecular weight is 508 g/mol. The number of hydrogen-bond donors (Lipinski definition) is 0. The number of pyridine rings is 1. The lowest BCUT2D eigenvalue weighted by molar-refractivity contribution is 0.0452. The van der Waals surface area contributed by atoms with Crippen LogP contribution < -0.4 is 9.47 Å². The molecule has 1 saturated carbocycles. The van der Waals surface area contributed by atoms with E-state index in [1.54, 1.807) is 20.3 Å². The third-order valence-corrected chi connectivity index (χ3v) is 7.40. The molecule has 0 N–H and O–H groups in total. The summed E-state index contributed by atoms with van der Waals surface area (Å²) in [6.45, 7) is 4.89. The molecule has 0 unspecified atom stereocenters. The second-order valence-corrected chi connectivity index (χ2v) is 10.0. The normalized spacial score (nSPS) is 14.9. The Balaban J connectivity index is 1.63. The van der Waals surface area contributed by atoms with Gasteiger partial charge in [0, 0.05) is 31.7 Å². The zero-order chi connectivity index (χ0) is 26.3. The molecule has 0 atom stereocenters. The molecule has 1 aliphatic carbocycles. The fourth-order valence-electron chi connectivity index (χ4n) is 5.41. The number of aromatic nitrogens is 1. The Hall–Kier alpha value is -2.96.